The summed E-state index contributed by atoms with van der Waals surface area (Å²) < 4.78 is 1.99. The van der Waals surface area contributed by atoms with Crippen molar-refractivity contribution in [3.63, 3.8) is 0 Å². The number of aromatic nitrogens is 2. The van der Waals surface area contributed by atoms with Crippen LogP contribution in [0.1, 0.15) is 38.5 Å². The molecule has 1 aromatic heterocycles. The Hall–Kier alpha value is -1.55. The lowest BCUT2D eigenvalue weighted by Gasteiger charge is -2.10. The Labute approximate surface area is 94.7 Å². The lowest BCUT2D eigenvalue weighted by Crippen LogP contribution is -2.05. The molecule has 0 aliphatic rings. The van der Waals surface area contributed by atoms with Gasteiger partial charge in [-0.3, -0.25) is 0 Å². The SMILES string of the molecule is CC(O)c1ccc2c(c1)nc(N)n2C(C)C. The van der Waals surface area contributed by atoms with E-state index >= 15 is 0 Å². The predicted molar refractivity (Wildman–Crippen MR) is 65.2 cm³/mol. The molecule has 1 heterocycles. The van der Waals surface area contributed by atoms with Gasteiger partial charge in [0.05, 0.1) is 17.1 Å². The number of nitrogen functional groups attached to an aromatic ring is 1. The normalized spacial score (nSPS) is 13.6. The van der Waals surface area contributed by atoms with Crippen LogP contribution in [-0.2, 0) is 0 Å². The third kappa shape index (κ3) is 1.65. The van der Waals surface area contributed by atoms with Crippen LogP contribution in [0.25, 0.3) is 11.0 Å². The quantitative estimate of drug-likeness (QED) is 0.814. The number of hydrogen-bond acceptors (Lipinski definition) is 3. The average Bonchev–Trinajstić information content (AvgIpc) is 2.51. The minimum Gasteiger partial charge on any atom is -0.389 e. The van der Waals surface area contributed by atoms with Gasteiger partial charge in [-0.25, -0.2) is 4.98 Å². The van der Waals surface area contributed by atoms with Crippen LogP contribution in [-0.4, -0.2) is 14.7 Å². The Bertz CT molecular complexity index is 514. The Morgan fingerprint density at radius 2 is 2.00 bits per heavy atom. The molecule has 1 aromatic carbocycles. The van der Waals surface area contributed by atoms with Crippen molar-refractivity contribution in [1.82, 2.24) is 9.55 Å². The monoisotopic (exact) mass is 219 g/mol. The van der Waals surface area contributed by atoms with Crippen molar-refractivity contribution in [3.05, 3.63) is 23.8 Å². The van der Waals surface area contributed by atoms with Crippen molar-refractivity contribution in [1.29, 1.82) is 0 Å². The van der Waals surface area contributed by atoms with Gasteiger partial charge in [0.25, 0.3) is 0 Å². The van der Waals surface area contributed by atoms with Gasteiger partial charge in [0.2, 0.25) is 5.95 Å². The van der Waals surface area contributed by atoms with Crippen LogP contribution < -0.4 is 5.73 Å². The molecule has 0 fully saturated rings. The van der Waals surface area contributed by atoms with Crippen molar-refractivity contribution < 1.29 is 5.11 Å². The molecule has 0 aliphatic carbocycles. The maximum Gasteiger partial charge on any atom is 0.201 e. The second-order valence-corrected chi connectivity index (χ2v) is 4.36. The fraction of sp³-hybridized carbons (Fsp3) is 0.417. The highest BCUT2D eigenvalue weighted by atomic mass is 16.3. The van der Waals surface area contributed by atoms with E-state index in [0.29, 0.717) is 5.95 Å². The van der Waals surface area contributed by atoms with E-state index in [1.807, 2.05) is 22.8 Å². The van der Waals surface area contributed by atoms with Crippen LogP contribution in [0.3, 0.4) is 0 Å². The fourth-order valence-corrected chi connectivity index (χ4v) is 1.94. The van der Waals surface area contributed by atoms with Gasteiger partial charge in [-0.05, 0) is 38.5 Å². The maximum absolute atomic E-state index is 9.50. The van der Waals surface area contributed by atoms with Crippen LogP contribution in [0.15, 0.2) is 18.2 Å². The van der Waals surface area contributed by atoms with Gasteiger partial charge in [-0.1, -0.05) is 6.07 Å². The standard InChI is InChI=1S/C12H17N3O/c1-7(2)15-11-5-4-9(8(3)16)6-10(11)14-12(15)13/h4-8,16H,1-3H3,(H2,13,14). The van der Waals surface area contributed by atoms with E-state index in [1.165, 1.54) is 0 Å². The van der Waals surface area contributed by atoms with Crippen LogP contribution in [0, 0.1) is 0 Å². The number of hydrogen-bond donors (Lipinski definition) is 2. The molecule has 1 atom stereocenters. The third-order valence-electron chi connectivity index (χ3n) is 2.74. The first kappa shape index (κ1) is 11.0. The summed E-state index contributed by atoms with van der Waals surface area (Å²) in [4.78, 5) is 4.31. The van der Waals surface area contributed by atoms with E-state index < -0.39 is 6.10 Å². The van der Waals surface area contributed by atoms with E-state index in [9.17, 15) is 5.11 Å². The molecule has 4 nitrogen and oxygen atoms in total. The molecule has 16 heavy (non-hydrogen) atoms. The predicted octanol–water partition coefficient (Wildman–Crippen LogP) is 2.25. The number of fused-ring (bicyclic) bond motifs is 1. The molecule has 0 amide bonds. The molecule has 2 aromatic rings. The van der Waals surface area contributed by atoms with Gasteiger partial charge in [-0.2, -0.15) is 0 Å². The zero-order valence-electron chi connectivity index (χ0n) is 9.81. The number of aliphatic hydroxyl groups is 1. The largest absolute Gasteiger partial charge is 0.389 e. The lowest BCUT2D eigenvalue weighted by atomic mass is 10.1. The van der Waals surface area contributed by atoms with Crippen LogP contribution in [0.4, 0.5) is 5.95 Å². The van der Waals surface area contributed by atoms with Crippen LogP contribution in [0.5, 0.6) is 0 Å². The molecule has 0 spiro atoms. The lowest BCUT2D eigenvalue weighted by molar-refractivity contribution is 0.199. The first-order chi connectivity index (χ1) is 7.50. The third-order valence-corrected chi connectivity index (χ3v) is 2.74. The molecule has 0 radical (unpaired) electrons. The van der Waals surface area contributed by atoms with E-state index in [-0.39, 0.29) is 6.04 Å². The Morgan fingerprint density at radius 1 is 1.31 bits per heavy atom. The number of aliphatic hydroxyl groups excluding tert-OH is 1. The van der Waals surface area contributed by atoms with Gasteiger partial charge in [0, 0.05) is 6.04 Å². The van der Waals surface area contributed by atoms with Gasteiger partial charge in [0.15, 0.2) is 0 Å². The number of rotatable bonds is 2. The molecule has 86 valence electrons. The first-order valence-electron chi connectivity index (χ1n) is 5.46. The Kier molecular flexibility index (Phi) is 2.59. The summed E-state index contributed by atoms with van der Waals surface area (Å²) >= 11 is 0. The minimum absolute atomic E-state index is 0.280. The minimum atomic E-state index is -0.477. The topological polar surface area (TPSA) is 64.1 Å². The van der Waals surface area contributed by atoms with E-state index in [4.69, 9.17) is 5.73 Å². The Morgan fingerprint density at radius 3 is 2.56 bits per heavy atom. The number of nitrogens with two attached hydrogens (primary N) is 1. The van der Waals surface area contributed by atoms with Gasteiger partial charge >= 0.3 is 0 Å². The molecular weight excluding hydrogens is 202 g/mol. The second-order valence-electron chi connectivity index (χ2n) is 4.36. The summed E-state index contributed by atoms with van der Waals surface area (Å²) in [6.45, 7) is 5.88. The summed E-state index contributed by atoms with van der Waals surface area (Å²) in [6.07, 6.45) is -0.477. The molecule has 0 saturated heterocycles. The molecule has 3 N–H and O–H groups in total. The second kappa shape index (κ2) is 3.79. The highest BCUT2D eigenvalue weighted by molar-refractivity contribution is 5.79. The van der Waals surface area contributed by atoms with Crippen molar-refractivity contribution in [2.45, 2.75) is 32.9 Å². The van der Waals surface area contributed by atoms with Gasteiger partial charge in [0.1, 0.15) is 0 Å². The summed E-state index contributed by atoms with van der Waals surface area (Å²) in [5, 5.41) is 9.50. The average molecular weight is 219 g/mol. The fourth-order valence-electron chi connectivity index (χ4n) is 1.94. The molecule has 2 rings (SSSR count). The smallest absolute Gasteiger partial charge is 0.201 e. The van der Waals surface area contributed by atoms with Crippen molar-refractivity contribution in [2.75, 3.05) is 5.73 Å². The molecule has 0 bridgehead atoms. The van der Waals surface area contributed by atoms with Crippen LogP contribution in [0.2, 0.25) is 0 Å². The summed E-state index contributed by atoms with van der Waals surface area (Å²) in [5.74, 6) is 0.521. The Balaban J connectivity index is 2.65. The number of anilines is 1. The molecule has 4 heteroatoms. The van der Waals surface area contributed by atoms with Gasteiger partial charge in [-0.15, -0.1) is 0 Å². The summed E-state index contributed by atoms with van der Waals surface area (Å²) in [6, 6.07) is 6.03. The number of benzene rings is 1. The zero-order valence-corrected chi connectivity index (χ0v) is 9.81. The molecule has 0 aliphatic heterocycles. The molecule has 0 saturated carbocycles. The highest BCUT2D eigenvalue weighted by Crippen LogP contribution is 2.25. The van der Waals surface area contributed by atoms with E-state index in [0.717, 1.165) is 16.6 Å². The first-order valence-corrected chi connectivity index (χ1v) is 5.46. The highest BCUT2D eigenvalue weighted by Gasteiger charge is 2.12. The van der Waals surface area contributed by atoms with E-state index in [1.54, 1.807) is 6.92 Å². The molecule has 1 unspecified atom stereocenters. The van der Waals surface area contributed by atoms with E-state index in [2.05, 4.69) is 18.8 Å². The maximum atomic E-state index is 9.50. The van der Waals surface area contributed by atoms with Crippen molar-refractivity contribution in [3.8, 4) is 0 Å². The van der Waals surface area contributed by atoms with Crippen molar-refractivity contribution in [2.24, 2.45) is 0 Å². The van der Waals surface area contributed by atoms with Crippen molar-refractivity contribution >= 4 is 17.0 Å². The zero-order chi connectivity index (χ0) is 11.9. The van der Waals surface area contributed by atoms with Crippen LogP contribution >= 0.6 is 0 Å². The number of nitrogens with zero attached hydrogens (tertiary/aromatic N) is 2. The summed E-state index contributed by atoms with van der Waals surface area (Å²) in [7, 11) is 0. The molecular formula is C12H17N3O. The number of imidazole rings is 1. The summed E-state index contributed by atoms with van der Waals surface area (Å²) in [5.41, 5.74) is 8.58. The van der Waals surface area contributed by atoms with Gasteiger partial charge < -0.3 is 15.4 Å².